The van der Waals surface area contributed by atoms with Gasteiger partial charge in [-0.2, -0.15) is 0 Å². The summed E-state index contributed by atoms with van der Waals surface area (Å²) in [6.07, 6.45) is 0. The Hall–Kier alpha value is -1.36. The molecule has 0 atom stereocenters. The maximum Gasteiger partial charge on any atom is 0.276 e. The van der Waals surface area contributed by atoms with Crippen LogP contribution in [0.5, 0.6) is 0 Å². The SMILES string of the molecule is Cc1cc(C(=O)N2CC(CO)C2)no1. The van der Waals surface area contributed by atoms with Crippen LogP contribution < -0.4 is 0 Å². The maximum absolute atomic E-state index is 11.6. The van der Waals surface area contributed by atoms with E-state index in [9.17, 15) is 4.79 Å². The van der Waals surface area contributed by atoms with Gasteiger partial charge in [0.1, 0.15) is 5.76 Å². The van der Waals surface area contributed by atoms with Crippen LogP contribution in [0.1, 0.15) is 16.2 Å². The van der Waals surface area contributed by atoms with Crippen LogP contribution in [0, 0.1) is 12.8 Å². The number of likely N-dealkylation sites (tertiary alicyclic amines) is 1. The van der Waals surface area contributed by atoms with Gasteiger partial charge in [-0.15, -0.1) is 0 Å². The maximum atomic E-state index is 11.6. The first-order valence-corrected chi connectivity index (χ1v) is 4.54. The molecule has 1 aromatic heterocycles. The number of rotatable bonds is 2. The largest absolute Gasteiger partial charge is 0.396 e. The van der Waals surface area contributed by atoms with Gasteiger partial charge >= 0.3 is 0 Å². The highest BCUT2D eigenvalue weighted by Crippen LogP contribution is 2.17. The van der Waals surface area contributed by atoms with E-state index in [1.165, 1.54) is 0 Å². The average molecular weight is 196 g/mol. The average Bonchev–Trinajstić information content (AvgIpc) is 2.49. The van der Waals surface area contributed by atoms with Gasteiger partial charge in [0.05, 0.1) is 0 Å². The van der Waals surface area contributed by atoms with Crippen LogP contribution in [0.15, 0.2) is 10.6 Å². The fourth-order valence-electron chi connectivity index (χ4n) is 1.48. The highest BCUT2D eigenvalue weighted by atomic mass is 16.5. The lowest BCUT2D eigenvalue weighted by Gasteiger charge is -2.37. The van der Waals surface area contributed by atoms with Crippen molar-refractivity contribution in [1.29, 1.82) is 0 Å². The van der Waals surface area contributed by atoms with Crippen molar-refractivity contribution < 1.29 is 14.4 Å². The van der Waals surface area contributed by atoms with Crippen molar-refractivity contribution in [3.05, 3.63) is 17.5 Å². The Morgan fingerprint density at radius 3 is 3.00 bits per heavy atom. The molecule has 1 aliphatic rings. The number of aliphatic hydroxyl groups is 1. The number of aryl methyl sites for hydroxylation is 1. The molecule has 1 N–H and O–H groups in total. The molecule has 0 unspecified atom stereocenters. The predicted molar refractivity (Wildman–Crippen MR) is 47.7 cm³/mol. The third-order valence-electron chi connectivity index (χ3n) is 2.35. The van der Waals surface area contributed by atoms with Crippen molar-refractivity contribution in [2.75, 3.05) is 19.7 Å². The van der Waals surface area contributed by atoms with E-state index < -0.39 is 0 Å². The van der Waals surface area contributed by atoms with E-state index in [0.29, 0.717) is 24.5 Å². The molecule has 1 fully saturated rings. The summed E-state index contributed by atoms with van der Waals surface area (Å²) in [5.74, 6) is 0.742. The summed E-state index contributed by atoms with van der Waals surface area (Å²) in [7, 11) is 0. The second-order valence-electron chi connectivity index (χ2n) is 3.58. The fraction of sp³-hybridized carbons (Fsp3) is 0.556. The number of amides is 1. The van der Waals surface area contributed by atoms with Crippen molar-refractivity contribution in [3.8, 4) is 0 Å². The molecule has 5 heteroatoms. The number of hydrogen-bond donors (Lipinski definition) is 1. The molecule has 0 radical (unpaired) electrons. The van der Waals surface area contributed by atoms with Gasteiger partial charge in [-0.1, -0.05) is 5.16 Å². The number of nitrogens with zero attached hydrogens (tertiary/aromatic N) is 2. The number of aliphatic hydroxyl groups excluding tert-OH is 1. The molecular formula is C9H12N2O3. The Labute approximate surface area is 81.3 Å². The molecule has 1 aliphatic heterocycles. The quantitative estimate of drug-likeness (QED) is 0.725. The van der Waals surface area contributed by atoms with Crippen molar-refractivity contribution in [2.24, 2.45) is 5.92 Å². The van der Waals surface area contributed by atoms with Crippen LogP contribution in [0.4, 0.5) is 0 Å². The topological polar surface area (TPSA) is 66.6 Å². The first kappa shape index (κ1) is 9.21. The third-order valence-corrected chi connectivity index (χ3v) is 2.35. The molecule has 1 amide bonds. The molecule has 0 saturated carbocycles. The van der Waals surface area contributed by atoms with Crippen LogP contribution in [0.25, 0.3) is 0 Å². The molecule has 14 heavy (non-hydrogen) atoms. The molecule has 2 rings (SSSR count). The lowest BCUT2D eigenvalue weighted by molar-refractivity contribution is 0.0353. The van der Waals surface area contributed by atoms with Crippen LogP contribution >= 0.6 is 0 Å². The second kappa shape index (κ2) is 3.42. The second-order valence-corrected chi connectivity index (χ2v) is 3.58. The zero-order valence-electron chi connectivity index (χ0n) is 7.93. The summed E-state index contributed by atoms with van der Waals surface area (Å²) >= 11 is 0. The molecule has 0 aliphatic carbocycles. The van der Waals surface area contributed by atoms with Gasteiger partial charge in [0, 0.05) is 31.7 Å². The molecular weight excluding hydrogens is 184 g/mol. The number of carbonyl (C=O) groups is 1. The van der Waals surface area contributed by atoms with E-state index in [4.69, 9.17) is 9.63 Å². The minimum Gasteiger partial charge on any atom is -0.396 e. The Morgan fingerprint density at radius 1 is 1.79 bits per heavy atom. The summed E-state index contributed by atoms with van der Waals surface area (Å²) < 4.78 is 4.81. The van der Waals surface area contributed by atoms with Crippen molar-refractivity contribution in [3.63, 3.8) is 0 Å². The fourth-order valence-corrected chi connectivity index (χ4v) is 1.48. The van der Waals surface area contributed by atoms with Crippen LogP contribution in [-0.4, -0.2) is 40.8 Å². The molecule has 0 bridgehead atoms. The van der Waals surface area contributed by atoms with Crippen molar-refractivity contribution in [1.82, 2.24) is 10.1 Å². The monoisotopic (exact) mass is 196 g/mol. The van der Waals surface area contributed by atoms with Gasteiger partial charge < -0.3 is 14.5 Å². The lowest BCUT2D eigenvalue weighted by Crippen LogP contribution is -2.51. The molecule has 1 saturated heterocycles. The van der Waals surface area contributed by atoms with Crippen LogP contribution in [0.3, 0.4) is 0 Å². The Morgan fingerprint density at radius 2 is 2.50 bits per heavy atom. The minimum atomic E-state index is -0.119. The summed E-state index contributed by atoms with van der Waals surface area (Å²) in [6.45, 7) is 3.11. The molecule has 2 heterocycles. The normalized spacial score (nSPS) is 16.9. The zero-order valence-corrected chi connectivity index (χ0v) is 7.93. The molecule has 0 aromatic carbocycles. The Kier molecular flexibility index (Phi) is 2.25. The standard InChI is InChI=1S/C9H12N2O3/c1-6-2-8(10-14-6)9(13)11-3-7(4-11)5-12/h2,7,12H,3-5H2,1H3. The van der Waals surface area contributed by atoms with Crippen molar-refractivity contribution >= 4 is 5.91 Å². The van der Waals surface area contributed by atoms with Gasteiger partial charge in [-0.25, -0.2) is 0 Å². The number of hydrogen-bond acceptors (Lipinski definition) is 4. The molecule has 76 valence electrons. The van der Waals surface area contributed by atoms with Gasteiger partial charge in [0.2, 0.25) is 0 Å². The molecule has 5 nitrogen and oxygen atoms in total. The van der Waals surface area contributed by atoms with E-state index >= 15 is 0 Å². The highest BCUT2D eigenvalue weighted by Gasteiger charge is 2.31. The zero-order chi connectivity index (χ0) is 10.1. The lowest BCUT2D eigenvalue weighted by atomic mass is 10.0. The van der Waals surface area contributed by atoms with Crippen LogP contribution in [-0.2, 0) is 0 Å². The summed E-state index contributed by atoms with van der Waals surface area (Å²) in [6, 6.07) is 1.62. The molecule has 0 spiro atoms. The Balaban J connectivity index is 1.97. The highest BCUT2D eigenvalue weighted by molar-refractivity contribution is 5.92. The third kappa shape index (κ3) is 1.50. The van der Waals surface area contributed by atoms with Gasteiger partial charge in [-0.05, 0) is 6.92 Å². The Bertz CT molecular complexity index is 342. The van der Waals surface area contributed by atoms with Gasteiger partial charge in [0.15, 0.2) is 5.69 Å². The van der Waals surface area contributed by atoms with E-state index in [-0.39, 0.29) is 18.4 Å². The first-order chi connectivity index (χ1) is 6.70. The van der Waals surface area contributed by atoms with Gasteiger partial charge in [-0.3, -0.25) is 4.79 Å². The first-order valence-electron chi connectivity index (χ1n) is 4.54. The van der Waals surface area contributed by atoms with Crippen LogP contribution in [0.2, 0.25) is 0 Å². The molecule has 1 aromatic rings. The summed E-state index contributed by atoms with van der Waals surface area (Å²) in [5.41, 5.74) is 0.346. The summed E-state index contributed by atoms with van der Waals surface area (Å²) in [4.78, 5) is 13.3. The number of aromatic nitrogens is 1. The van der Waals surface area contributed by atoms with E-state index in [1.807, 2.05) is 0 Å². The van der Waals surface area contributed by atoms with E-state index in [1.54, 1.807) is 17.9 Å². The van der Waals surface area contributed by atoms with Crippen molar-refractivity contribution in [2.45, 2.75) is 6.92 Å². The summed E-state index contributed by atoms with van der Waals surface area (Å²) in [5, 5.41) is 12.4. The van der Waals surface area contributed by atoms with Gasteiger partial charge in [0.25, 0.3) is 5.91 Å². The smallest absolute Gasteiger partial charge is 0.276 e. The predicted octanol–water partition coefficient (Wildman–Crippen LogP) is 0.0473. The van der Waals surface area contributed by atoms with E-state index in [0.717, 1.165) is 0 Å². The number of carbonyl (C=O) groups excluding carboxylic acids is 1. The van der Waals surface area contributed by atoms with E-state index in [2.05, 4.69) is 5.16 Å². The minimum absolute atomic E-state index is 0.119.